The molecule has 0 heterocycles. The number of carbonyl (C=O) groups is 1. The number of rotatable bonds is 7. The third-order valence-electron chi connectivity index (χ3n) is 4.95. The van der Waals surface area contributed by atoms with Crippen molar-refractivity contribution < 1.29 is 13.9 Å². The van der Waals surface area contributed by atoms with Crippen LogP contribution in [0.15, 0.2) is 18.2 Å². The zero-order chi connectivity index (χ0) is 16.9. The normalized spacial score (nSPS) is 17.3. The third-order valence-corrected chi connectivity index (χ3v) is 4.95. The lowest BCUT2D eigenvalue weighted by Crippen LogP contribution is -2.53. The molecule has 1 saturated carbocycles. The minimum atomic E-state index is -0.504. The monoisotopic (exact) mass is 322 g/mol. The third kappa shape index (κ3) is 4.30. The molecule has 0 aliphatic heterocycles. The van der Waals surface area contributed by atoms with Crippen LogP contribution in [0.3, 0.4) is 0 Å². The van der Waals surface area contributed by atoms with Gasteiger partial charge in [0.15, 0.2) is 17.3 Å². The van der Waals surface area contributed by atoms with Crippen LogP contribution in [0.2, 0.25) is 0 Å². The van der Waals surface area contributed by atoms with E-state index in [0.29, 0.717) is 5.56 Å². The van der Waals surface area contributed by atoms with E-state index in [4.69, 9.17) is 4.74 Å². The number of nitrogens with one attached hydrogen (secondary N) is 1. The van der Waals surface area contributed by atoms with Gasteiger partial charge >= 0.3 is 0 Å². The maximum Gasteiger partial charge on any atom is 0.176 e. The number of benzene rings is 1. The molecule has 5 heteroatoms. The summed E-state index contributed by atoms with van der Waals surface area (Å²) < 4.78 is 18.6. The number of ether oxygens (including phenoxy) is 1. The van der Waals surface area contributed by atoms with Gasteiger partial charge in [0.1, 0.15) is 0 Å². The predicted octanol–water partition coefficient (Wildman–Crippen LogP) is 2.87. The van der Waals surface area contributed by atoms with Crippen LogP contribution < -0.4 is 10.1 Å². The number of Topliss-reactive ketones (excluding diaryl/α,β-unsaturated/α-hetero) is 1. The zero-order valence-electron chi connectivity index (χ0n) is 14.3. The molecule has 0 radical (unpaired) electrons. The Kier molecular flexibility index (Phi) is 6.13. The number of halogens is 1. The summed E-state index contributed by atoms with van der Waals surface area (Å²) in [7, 11) is 5.62. The van der Waals surface area contributed by atoms with Crippen LogP contribution in [-0.2, 0) is 0 Å². The van der Waals surface area contributed by atoms with Gasteiger partial charge < -0.3 is 15.0 Å². The van der Waals surface area contributed by atoms with E-state index in [9.17, 15) is 9.18 Å². The van der Waals surface area contributed by atoms with E-state index in [2.05, 4.69) is 24.3 Å². The summed E-state index contributed by atoms with van der Waals surface area (Å²) in [6.45, 7) is 1.01. The first-order valence-electron chi connectivity index (χ1n) is 8.23. The summed E-state index contributed by atoms with van der Waals surface area (Å²) in [5.41, 5.74) is 0.502. The van der Waals surface area contributed by atoms with E-state index in [1.165, 1.54) is 38.5 Å². The highest BCUT2D eigenvalue weighted by molar-refractivity contribution is 5.97. The topological polar surface area (TPSA) is 41.6 Å². The highest BCUT2D eigenvalue weighted by atomic mass is 19.1. The maximum absolute atomic E-state index is 13.7. The quantitative estimate of drug-likeness (QED) is 0.784. The molecule has 0 amide bonds. The summed E-state index contributed by atoms with van der Waals surface area (Å²) >= 11 is 0. The minimum absolute atomic E-state index is 0.101. The molecule has 4 nitrogen and oxygen atoms in total. The molecule has 1 fully saturated rings. The molecule has 2 rings (SSSR count). The molecule has 1 N–H and O–H groups in total. The van der Waals surface area contributed by atoms with E-state index in [1.54, 1.807) is 6.07 Å². The number of methoxy groups -OCH3 is 1. The standard InChI is InChI=1S/C18H27FN2O2/c1-21(2)18(9-5-4-6-10-18)13-20-12-16(22)14-7-8-17(23-3)15(19)11-14/h7-8,11,20H,4-6,9-10,12-13H2,1-3H3. The van der Waals surface area contributed by atoms with Crippen molar-refractivity contribution in [3.63, 3.8) is 0 Å². The summed E-state index contributed by atoms with van der Waals surface area (Å²) in [4.78, 5) is 14.5. The van der Waals surface area contributed by atoms with Gasteiger partial charge in [0.2, 0.25) is 0 Å². The summed E-state index contributed by atoms with van der Waals surface area (Å²) in [6.07, 6.45) is 6.06. The van der Waals surface area contributed by atoms with Crippen LogP contribution >= 0.6 is 0 Å². The largest absolute Gasteiger partial charge is 0.494 e. The summed E-state index contributed by atoms with van der Waals surface area (Å²) in [5, 5.41) is 3.28. The van der Waals surface area contributed by atoms with Gasteiger partial charge in [0, 0.05) is 17.6 Å². The van der Waals surface area contributed by atoms with Crippen LogP contribution in [0, 0.1) is 5.82 Å². The van der Waals surface area contributed by atoms with Crippen LogP contribution in [0.4, 0.5) is 4.39 Å². The Morgan fingerprint density at radius 2 is 2.00 bits per heavy atom. The fourth-order valence-corrected chi connectivity index (χ4v) is 3.34. The van der Waals surface area contributed by atoms with Crippen molar-refractivity contribution in [1.29, 1.82) is 0 Å². The van der Waals surface area contributed by atoms with Gasteiger partial charge in [-0.2, -0.15) is 0 Å². The molecule has 0 atom stereocenters. The number of carbonyl (C=O) groups excluding carboxylic acids is 1. The molecular weight excluding hydrogens is 295 g/mol. The Balaban J connectivity index is 1.92. The van der Waals surface area contributed by atoms with Crippen molar-refractivity contribution in [2.45, 2.75) is 37.6 Å². The van der Waals surface area contributed by atoms with Crippen LogP contribution in [0.5, 0.6) is 5.75 Å². The van der Waals surface area contributed by atoms with Gasteiger partial charge in [-0.25, -0.2) is 4.39 Å². The highest BCUT2D eigenvalue weighted by Gasteiger charge is 2.33. The first-order chi connectivity index (χ1) is 11.0. The molecule has 0 unspecified atom stereocenters. The Labute approximate surface area is 138 Å². The average Bonchev–Trinajstić information content (AvgIpc) is 2.55. The van der Waals surface area contributed by atoms with E-state index in [-0.39, 0.29) is 23.6 Å². The van der Waals surface area contributed by atoms with Gasteiger partial charge in [-0.15, -0.1) is 0 Å². The molecule has 1 aromatic rings. The lowest BCUT2D eigenvalue weighted by atomic mass is 9.80. The minimum Gasteiger partial charge on any atom is -0.494 e. The molecule has 0 aromatic heterocycles. The van der Waals surface area contributed by atoms with Crippen molar-refractivity contribution in [2.75, 3.05) is 34.3 Å². The van der Waals surface area contributed by atoms with Gasteiger partial charge in [0.05, 0.1) is 13.7 Å². The van der Waals surface area contributed by atoms with Crippen LogP contribution in [0.25, 0.3) is 0 Å². The highest BCUT2D eigenvalue weighted by Crippen LogP contribution is 2.31. The van der Waals surface area contributed by atoms with E-state index >= 15 is 0 Å². The molecule has 128 valence electrons. The molecule has 1 aliphatic carbocycles. The number of hydrogen-bond donors (Lipinski definition) is 1. The molecule has 0 saturated heterocycles. The second-order valence-electron chi connectivity index (χ2n) is 6.56. The Hall–Kier alpha value is -1.46. The second kappa shape index (κ2) is 7.88. The van der Waals surface area contributed by atoms with Gasteiger partial charge in [0.25, 0.3) is 0 Å². The maximum atomic E-state index is 13.7. The van der Waals surface area contributed by atoms with E-state index < -0.39 is 5.82 Å². The van der Waals surface area contributed by atoms with Gasteiger partial charge in [-0.3, -0.25) is 4.79 Å². The SMILES string of the molecule is COc1ccc(C(=O)CNCC2(N(C)C)CCCCC2)cc1F. The molecule has 0 spiro atoms. The van der Waals surface area contributed by atoms with Gasteiger partial charge in [-0.1, -0.05) is 19.3 Å². The lowest BCUT2D eigenvalue weighted by Gasteiger charge is -2.43. The number of ketones is 1. The van der Waals surface area contributed by atoms with Crippen molar-refractivity contribution in [2.24, 2.45) is 0 Å². The number of nitrogens with zero attached hydrogens (tertiary/aromatic N) is 1. The van der Waals surface area contributed by atoms with E-state index in [1.807, 2.05) is 0 Å². The number of likely N-dealkylation sites (N-methyl/N-ethyl adjacent to an activating group) is 1. The smallest absolute Gasteiger partial charge is 0.176 e. The second-order valence-corrected chi connectivity index (χ2v) is 6.56. The lowest BCUT2D eigenvalue weighted by molar-refractivity contribution is 0.0905. The Morgan fingerprint density at radius 1 is 1.30 bits per heavy atom. The van der Waals surface area contributed by atoms with Crippen molar-refractivity contribution >= 4 is 5.78 Å². The molecule has 1 aliphatic rings. The Bertz CT molecular complexity index is 540. The van der Waals surface area contributed by atoms with E-state index in [0.717, 1.165) is 19.4 Å². The Morgan fingerprint density at radius 3 is 2.57 bits per heavy atom. The van der Waals surface area contributed by atoms with Crippen molar-refractivity contribution in [3.05, 3.63) is 29.6 Å². The first-order valence-corrected chi connectivity index (χ1v) is 8.23. The molecule has 23 heavy (non-hydrogen) atoms. The average molecular weight is 322 g/mol. The first kappa shape index (κ1) is 17.9. The van der Waals surface area contributed by atoms with Crippen molar-refractivity contribution in [1.82, 2.24) is 10.2 Å². The summed E-state index contributed by atoms with van der Waals surface area (Å²) in [5.74, 6) is -0.449. The predicted molar refractivity (Wildman–Crippen MR) is 89.7 cm³/mol. The van der Waals surface area contributed by atoms with Gasteiger partial charge in [-0.05, 0) is 45.1 Å². The molecule has 1 aromatic carbocycles. The number of hydrogen-bond acceptors (Lipinski definition) is 4. The fraction of sp³-hybridized carbons (Fsp3) is 0.611. The fourth-order valence-electron chi connectivity index (χ4n) is 3.34. The zero-order valence-corrected chi connectivity index (χ0v) is 14.3. The molecule has 0 bridgehead atoms. The molecular formula is C18H27FN2O2. The summed E-state index contributed by atoms with van der Waals surface area (Å²) in [6, 6.07) is 4.34. The van der Waals surface area contributed by atoms with Crippen LogP contribution in [-0.4, -0.2) is 50.5 Å². The van der Waals surface area contributed by atoms with Crippen molar-refractivity contribution in [3.8, 4) is 5.75 Å². The van der Waals surface area contributed by atoms with Crippen LogP contribution in [0.1, 0.15) is 42.5 Å².